The maximum Gasteiger partial charge on any atom is 0.231 e. The van der Waals surface area contributed by atoms with Gasteiger partial charge in [0.1, 0.15) is 11.2 Å². The lowest BCUT2D eigenvalue weighted by molar-refractivity contribution is -0.145. The number of fused-ring (bicyclic) bond motifs is 2. The van der Waals surface area contributed by atoms with E-state index < -0.39 is 41.6 Å². The van der Waals surface area contributed by atoms with Gasteiger partial charge in [0.25, 0.3) is 0 Å². The van der Waals surface area contributed by atoms with E-state index in [0.29, 0.717) is 18.6 Å². The Morgan fingerprint density at radius 2 is 1.91 bits per heavy atom. The molecular weight excluding hydrogens is 315 g/mol. The summed E-state index contributed by atoms with van der Waals surface area (Å²) in [6.07, 6.45) is 0.794. The monoisotopic (exact) mass is 333 g/mol. The predicted molar refractivity (Wildman–Crippen MR) is 84.2 cm³/mol. The van der Waals surface area contributed by atoms with Crippen LogP contribution in [0.25, 0.3) is 0 Å². The van der Waals surface area contributed by atoms with Gasteiger partial charge < -0.3 is 4.74 Å². The van der Waals surface area contributed by atoms with Gasteiger partial charge in [0.15, 0.2) is 7.80 Å². The van der Waals surface area contributed by atoms with Crippen LogP contribution in [0.2, 0.25) is 0 Å². The molecule has 0 amide bonds. The zero-order valence-electron chi connectivity index (χ0n) is 13.3. The highest BCUT2D eigenvalue weighted by Gasteiger charge is 2.73. The average molecular weight is 333 g/mol. The number of ketones is 2. The molecule has 3 unspecified atom stereocenters. The molecule has 121 valence electrons. The molecule has 3 atom stereocenters. The highest BCUT2D eigenvalue weighted by atomic mass is 31.1. The summed E-state index contributed by atoms with van der Waals surface area (Å²) in [5, 5.41) is 0.274. The van der Waals surface area contributed by atoms with Crippen LogP contribution in [0.5, 0.6) is 5.75 Å². The van der Waals surface area contributed by atoms with E-state index in [4.69, 9.17) is 4.74 Å². The number of rotatable bonds is 4. The summed E-state index contributed by atoms with van der Waals surface area (Å²) in [4.78, 5) is 37.7. The van der Waals surface area contributed by atoms with E-state index in [1.165, 1.54) is 7.11 Å². The number of carbonyl (C=O) groups excluding carboxylic acids is 3. The SMILES string of the molecule is COc1ccccc1[P](=O)C(=O)C12CCC(C(=O)C1=O)C2(C)C. The first-order chi connectivity index (χ1) is 10.8. The number of Topliss-reactive ketones (excluding diaryl/α,β-unsaturated/α-hetero) is 2. The molecule has 2 bridgehead atoms. The molecule has 23 heavy (non-hydrogen) atoms. The third-order valence-corrected chi connectivity index (χ3v) is 7.12. The molecule has 3 rings (SSSR count). The van der Waals surface area contributed by atoms with Crippen LogP contribution in [0.1, 0.15) is 26.7 Å². The first kappa shape index (κ1) is 16.0. The first-order valence-corrected chi connectivity index (χ1v) is 8.78. The lowest BCUT2D eigenvalue weighted by Gasteiger charge is -2.33. The molecule has 1 aromatic carbocycles. The lowest BCUT2D eigenvalue weighted by atomic mass is 9.70. The predicted octanol–water partition coefficient (Wildman–Crippen LogP) is 2.25. The minimum Gasteiger partial charge on any atom is -0.496 e. The van der Waals surface area contributed by atoms with Crippen LogP contribution < -0.4 is 10.0 Å². The maximum atomic E-state index is 13.1. The topological polar surface area (TPSA) is 77.5 Å². The fourth-order valence-corrected chi connectivity index (χ4v) is 5.79. The van der Waals surface area contributed by atoms with Crippen molar-refractivity contribution >= 4 is 30.2 Å². The van der Waals surface area contributed by atoms with Crippen molar-refractivity contribution in [1.29, 1.82) is 0 Å². The van der Waals surface area contributed by atoms with E-state index >= 15 is 0 Å². The van der Waals surface area contributed by atoms with Crippen molar-refractivity contribution < 1.29 is 23.7 Å². The Bertz CT molecular complexity index is 751. The summed E-state index contributed by atoms with van der Waals surface area (Å²) in [6, 6.07) is 6.57. The van der Waals surface area contributed by atoms with Crippen LogP contribution in [0, 0.1) is 16.7 Å². The van der Waals surface area contributed by atoms with Gasteiger partial charge in [-0.05, 0) is 30.4 Å². The second-order valence-electron chi connectivity index (χ2n) is 6.68. The van der Waals surface area contributed by atoms with Gasteiger partial charge in [-0.15, -0.1) is 0 Å². The molecule has 2 saturated carbocycles. The van der Waals surface area contributed by atoms with Gasteiger partial charge in [-0.25, -0.2) is 0 Å². The molecular formula is C17H18O5P. The van der Waals surface area contributed by atoms with Gasteiger partial charge in [0, 0.05) is 5.92 Å². The number of benzene rings is 1. The van der Waals surface area contributed by atoms with Crippen LogP contribution >= 0.6 is 7.80 Å². The Labute approximate surface area is 135 Å². The van der Waals surface area contributed by atoms with Gasteiger partial charge in [-0.2, -0.15) is 0 Å². The summed E-state index contributed by atoms with van der Waals surface area (Å²) in [7, 11) is -1.06. The molecule has 2 fully saturated rings. The largest absolute Gasteiger partial charge is 0.496 e. The van der Waals surface area contributed by atoms with Crippen molar-refractivity contribution in [1.82, 2.24) is 0 Å². The zero-order valence-corrected chi connectivity index (χ0v) is 14.2. The standard InChI is InChI=1S/C17H18O5P/c1-16(2)10-8-9-17(16,14(19)13(10)18)15(20)23(21)12-7-5-4-6-11(12)22-3/h4-7,10H,8-9H2,1-3H3. The molecule has 0 heterocycles. The van der Waals surface area contributed by atoms with E-state index in [-0.39, 0.29) is 5.30 Å². The highest BCUT2D eigenvalue weighted by Crippen LogP contribution is 2.65. The van der Waals surface area contributed by atoms with E-state index in [2.05, 4.69) is 0 Å². The maximum absolute atomic E-state index is 13.1. The summed E-state index contributed by atoms with van der Waals surface area (Å²) in [6.45, 7) is 3.52. The third kappa shape index (κ3) is 1.83. The summed E-state index contributed by atoms with van der Waals surface area (Å²) in [5.74, 6) is -1.25. The van der Waals surface area contributed by atoms with Crippen LogP contribution in [0.4, 0.5) is 0 Å². The summed E-state index contributed by atoms with van der Waals surface area (Å²) < 4.78 is 18.1. The molecule has 0 aromatic heterocycles. The van der Waals surface area contributed by atoms with Crippen molar-refractivity contribution in [2.45, 2.75) is 26.7 Å². The normalized spacial score (nSPS) is 28.8. The molecule has 6 heteroatoms. The number of carbonyl (C=O) groups is 3. The Balaban J connectivity index is 2.08. The van der Waals surface area contributed by atoms with Crippen LogP contribution in [0.3, 0.4) is 0 Å². The van der Waals surface area contributed by atoms with Gasteiger partial charge in [0.2, 0.25) is 17.1 Å². The van der Waals surface area contributed by atoms with Crippen LogP contribution in [-0.2, 0) is 18.9 Å². The van der Waals surface area contributed by atoms with Crippen molar-refractivity contribution in [3.63, 3.8) is 0 Å². The summed E-state index contributed by atoms with van der Waals surface area (Å²) >= 11 is 0. The number of ether oxygens (including phenoxy) is 1. The van der Waals surface area contributed by atoms with Crippen molar-refractivity contribution in [3.8, 4) is 5.75 Å². The van der Waals surface area contributed by atoms with E-state index in [1.807, 2.05) is 0 Å². The molecule has 0 N–H and O–H groups in total. The number of hydrogen-bond acceptors (Lipinski definition) is 5. The van der Waals surface area contributed by atoms with E-state index in [9.17, 15) is 18.9 Å². The highest BCUT2D eigenvalue weighted by molar-refractivity contribution is 7.71. The molecule has 0 saturated heterocycles. The van der Waals surface area contributed by atoms with E-state index in [1.54, 1.807) is 38.1 Å². The van der Waals surface area contributed by atoms with Gasteiger partial charge in [0.05, 0.1) is 12.4 Å². The number of hydrogen-bond donors (Lipinski definition) is 0. The number of para-hydroxylation sites is 1. The van der Waals surface area contributed by atoms with Gasteiger partial charge in [-0.1, -0.05) is 26.0 Å². The van der Waals surface area contributed by atoms with Gasteiger partial charge >= 0.3 is 0 Å². The molecule has 2 aliphatic carbocycles. The smallest absolute Gasteiger partial charge is 0.231 e. The average Bonchev–Trinajstić information content (AvgIpc) is 2.89. The van der Waals surface area contributed by atoms with Gasteiger partial charge in [-0.3, -0.25) is 18.9 Å². The summed E-state index contributed by atoms with van der Waals surface area (Å²) in [5.41, 5.74) is -2.88. The molecule has 1 aromatic rings. The fourth-order valence-electron chi connectivity index (χ4n) is 4.13. The Kier molecular flexibility index (Phi) is 3.53. The minimum atomic E-state index is -2.49. The molecule has 1 radical (unpaired) electrons. The Morgan fingerprint density at radius 3 is 2.48 bits per heavy atom. The second kappa shape index (κ2) is 5.07. The molecule has 0 aliphatic heterocycles. The Morgan fingerprint density at radius 1 is 1.26 bits per heavy atom. The second-order valence-corrected chi connectivity index (χ2v) is 8.16. The van der Waals surface area contributed by atoms with Crippen molar-refractivity contribution in [2.75, 3.05) is 7.11 Å². The third-order valence-electron chi connectivity index (χ3n) is 5.56. The van der Waals surface area contributed by atoms with Crippen LogP contribution in [0.15, 0.2) is 24.3 Å². The molecule has 2 aliphatic rings. The lowest BCUT2D eigenvalue weighted by Crippen LogP contribution is -2.43. The first-order valence-electron chi connectivity index (χ1n) is 7.52. The number of methoxy groups -OCH3 is 1. The molecule has 5 nitrogen and oxygen atoms in total. The fraction of sp³-hybridized carbons (Fsp3) is 0.471. The minimum absolute atomic E-state index is 0.274. The molecule has 0 spiro atoms. The van der Waals surface area contributed by atoms with E-state index in [0.717, 1.165) is 0 Å². The van der Waals surface area contributed by atoms with Crippen molar-refractivity contribution in [2.24, 2.45) is 16.7 Å². The Hall–Kier alpha value is -1.87. The quantitative estimate of drug-likeness (QED) is 0.480. The van der Waals surface area contributed by atoms with Crippen LogP contribution in [-0.4, -0.2) is 24.2 Å². The van der Waals surface area contributed by atoms with Crippen molar-refractivity contribution in [3.05, 3.63) is 24.3 Å². The zero-order chi connectivity index (χ0) is 17.0.